The third-order valence-electron chi connectivity index (χ3n) is 2.80. The van der Waals surface area contributed by atoms with E-state index in [0.29, 0.717) is 0 Å². The predicted molar refractivity (Wildman–Crippen MR) is 76.2 cm³/mol. The fourth-order valence-electron chi connectivity index (χ4n) is 1.69. The van der Waals surface area contributed by atoms with Gasteiger partial charge >= 0.3 is 0 Å². The fraction of sp³-hybridized carbons (Fsp3) is 0.688. The first-order chi connectivity index (χ1) is 8.41. The van der Waals surface area contributed by atoms with E-state index < -0.39 is 0 Å². The summed E-state index contributed by atoms with van der Waals surface area (Å²) in [4.78, 5) is 10.1. The Bertz CT molecular complexity index is 204. The van der Waals surface area contributed by atoms with Crippen LogP contribution in [0.5, 0.6) is 0 Å². The van der Waals surface area contributed by atoms with Crippen molar-refractivity contribution in [1.82, 2.24) is 0 Å². The summed E-state index contributed by atoms with van der Waals surface area (Å²) in [7, 11) is 0. The second-order valence-corrected chi connectivity index (χ2v) is 4.51. The number of aldehydes is 1. The smallest absolute Gasteiger partial charge is 0.119 e. The Morgan fingerprint density at radius 3 is 1.82 bits per heavy atom. The van der Waals surface area contributed by atoms with Crippen LogP contribution in [0.3, 0.4) is 0 Å². The van der Waals surface area contributed by atoms with Crippen LogP contribution in [-0.2, 0) is 4.79 Å². The molecule has 0 fully saturated rings. The van der Waals surface area contributed by atoms with Crippen molar-refractivity contribution in [3.05, 3.63) is 24.3 Å². The van der Waals surface area contributed by atoms with Crippen LogP contribution in [0.2, 0.25) is 0 Å². The summed E-state index contributed by atoms with van der Waals surface area (Å²) in [5, 5.41) is 0. The molecule has 98 valence electrons. The number of rotatable bonds is 12. The Labute approximate surface area is 107 Å². The van der Waals surface area contributed by atoms with Gasteiger partial charge in [-0.15, -0.1) is 0 Å². The van der Waals surface area contributed by atoms with Crippen molar-refractivity contribution in [3.63, 3.8) is 0 Å². The number of hydrogen-bond acceptors (Lipinski definition) is 1. The van der Waals surface area contributed by atoms with Crippen LogP contribution in [0.1, 0.15) is 71.1 Å². The first kappa shape index (κ1) is 16.1. The Hall–Kier alpha value is -0.850. The van der Waals surface area contributed by atoms with Gasteiger partial charge in [0.05, 0.1) is 0 Å². The van der Waals surface area contributed by atoms with Crippen molar-refractivity contribution in [2.75, 3.05) is 0 Å². The van der Waals surface area contributed by atoms with Crippen molar-refractivity contribution in [2.24, 2.45) is 0 Å². The van der Waals surface area contributed by atoms with Crippen molar-refractivity contribution in [3.8, 4) is 0 Å². The molecule has 0 aliphatic heterocycles. The van der Waals surface area contributed by atoms with Gasteiger partial charge in [0, 0.05) is 6.42 Å². The lowest BCUT2D eigenvalue weighted by Crippen LogP contribution is -1.79. The maximum Gasteiger partial charge on any atom is 0.119 e. The highest BCUT2D eigenvalue weighted by atomic mass is 16.1. The minimum absolute atomic E-state index is 0.739. The molecule has 0 saturated carbocycles. The van der Waals surface area contributed by atoms with Gasteiger partial charge in [0.1, 0.15) is 6.29 Å². The third-order valence-corrected chi connectivity index (χ3v) is 2.80. The standard InChI is InChI=1S/C16H28O/c1-2-3-4-5-6-7-8-9-10-11-12-13-14-15-16-17/h5-8,16H,2-4,9-15H2,1H3/b6-5+,8-7+. The van der Waals surface area contributed by atoms with E-state index in [1.165, 1.54) is 51.4 Å². The van der Waals surface area contributed by atoms with E-state index in [2.05, 4.69) is 31.2 Å². The molecule has 0 amide bonds. The molecule has 0 saturated heterocycles. The Morgan fingerprint density at radius 2 is 1.24 bits per heavy atom. The minimum atomic E-state index is 0.739. The summed E-state index contributed by atoms with van der Waals surface area (Å²) in [6.07, 6.45) is 21.7. The topological polar surface area (TPSA) is 17.1 Å². The summed E-state index contributed by atoms with van der Waals surface area (Å²) in [5.41, 5.74) is 0. The van der Waals surface area contributed by atoms with Crippen molar-refractivity contribution >= 4 is 6.29 Å². The van der Waals surface area contributed by atoms with Gasteiger partial charge < -0.3 is 4.79 Å². The van der Waals surface area contributed by atoms with Crippen LogP contribution in [0.4, 0.5) is 0 Å². The van der Waals surface area contributed by atoms with Crippen LogP contribution in [-0.4, -0.2) is 6.29 Å². The van der Waals surface area contributed by atoms with E-state index >= 15 is 0 Å². The van der Waals surface area contributed by atoms with E-state index in [1.807, 2.05) is 0 Å². The van der Waals surface area contributed by atoms with Gasteiger partial charge in [-0.1, -0.05) is 63.3 Å². The molecule has 0 aliphatic rings. The number of carbonyl (C=O) groups excluding carboxylic acids is 1. The fourth-order valence-corrected chi connectivity index (χ4v) is 1.69. The molecule has 0 unspecified atom stereocenters. The molecule has 0 aromatic carbocycles. The van der Waals surface area contributed by atoms with Gasteiger partial charge in [-0.3, -0.25) is 0 Å². The lowest BCUT2D eigenvalue weighted by atomic mass is 10.1. The molecule has 0 radical (unpaired) electrons. The molecule has 0 N–H and O–H groups in total. The summed E-state index contributed by atoms with van der Waals surface area (Å²) >= 11 is 0. The summed E-state index contributed by atoms with van der Waals surface area (Å²) in [6, 6.07) is 0. The van der Waals surface area contributed by atoms with Crippen LogP contribution >= 0.6 is 0 Å². The van der Waals surface area contributed by atoms with E-state index in [4.69, 9.17) is 0 Å². The summed E-state index contributed by atoms with van der Waals surface area (Å²) in [5.74, 6) is 0. The summed E-state index contributed by atoms with van der Waals surface area (Å²) < 4.78 is 0. The third kappa shape index (κ3) is 15.1. The molecule has 0 aromatic rings. The zero-order valence-electron chi connectivity index (χ0n) is 11.4. The maximum absolute atomic E-state index is 10.1. The van der Waals surface area contributed by atoms with Crippen LogP contribution in [0.25, 0.3) is 0 Å². The van der Waals surface area contributed by atoms with Gasteiger partial charge in [0.2, 0.25) is 0 Å². The number of unbranched alkanes of at least 4 members (excludes halogenated alkanes) is 8. The molecule has 0 spiro atoms. The maximum atomic E-state index is 10.1. The number of allylic oxidation sites excluding steroid dienone is 4. The minimum Gasteiger partial charge on any atom is -0.303 e. The zero-order chi connectivity index (χ0) is 12.6. The van der Waals surface area contributed by atoms with Gasteiger partial charge in [0.25, 0.3) is 0 Å². The van der Waals surface area contributed by atoms with E-state index in [9.17, 15) is 4.79 Å². The predicted octanol–water partition coefficient (Wildman–Crippen LogP) is 5.22. The quantitative estimate of drug-likeness (QED) is 0.258. The molecule has 0 atom stereocenters. The average Bonchev–Trinajstić information content (AvgIpc) is 2.35. The lowest BCUT2D eigenvalue weighted by Gasteiger charge is -1.96. The molecule has 0 heterocycles. The Morgan fingerprint density at radius 1 is 0.706 bits per heavy atom. The average molecular weight is 236 g/mol. The molecule has 17 heavy (non-hydrogen) atoms. The van der Waals surface area contributed by atoms with Crippen LogP contribution < -0.4 is 0 Å². The van der Waals surface area contributed by atoms with Gasteiger partial charge in [0.15, 0.2) is 0 Å². The van der Waals surface area contributed by atoms with Gasteiger partial charge in [-0.25, -0.2) is 0 Å². The van der Waals surface area contributed by atoms with E-state index in [0.717, 1.165) is 19.1 Å². The molecule has 0 rings (SSSR count). The zero-order valence-corrected chi connectivity index (χ0v) is 11.4. The highest BCUT2D eigenvalue weighted by Crippen LogP contribution is 2.06. The first-order valence-electron chi connectivity index (χ1n) is 7.17. The van der Waals surface area contributed by atoms with E-state index in [1.54, 1.807) is 0 Å². The molecule has 1 heteroatoms. The largest absolute Gasteiger partial charge is 0.303 e. The Balaban J connectivity index is 3.13. The molecule has 1 nitrogen and oxygen atoms in total. The molecular formula is C16H28O. The van der Waals surface area contributed by atoms with Gasteiger partial charge in [-0.2, -0.15) is 0 Å². The number of carbonyl (C=O) groups is 1. The highest BCUT2D eigenvalue weighted by Gasteiger charge is 1.88. The SMILES string of the molecule is CCCC/C=C/C=C/CCCCCCCC=O. The van der Waals surface area contributed by atoms with Crippen molar-refractivity contribution < 1.29 is 4.79 Å². The Kier molecular flexibility index (Phi) is 14.4. The monoisotopic (exact) mass is 236 g/mol. The van der Waals surface area contributed by atoms with E-state index in [-0.39, 0.29) is 0 Å². The highest BCUT2D eigenvalue weighted by molar-refractivity contribution is 5.48. The summed E-state index contributed by atoms with van der Waals surface area (Å²) in [6.45, 7) is 2.22. The first-order valence-corrected chi connectivity index (χ1v) is 7.17. The number of hydrogen-bond donors (Lipinski definition) is 0. The van der Waals surface area contributed by atoms with Gasteiger partial charge in [-0.05, 0) is 25.7 Å². The van der Waals surface area contributed by atoms with Crippen LogP contribution in [0, 0.1) is 0 Å². The molecular weight excluding hydrogens is 208 g/mol. The van der Waals surface area contributed by atoms with Crippen LogP contribution in [0.15, 0.2) is 24.3 Å². The molecule has 0 aliphatic carbocycles. The second-order valence-electron chi connectivity index (χ2n) is 4.51. The lowest BCUT2D eigenvalue weighted by molar-refractivity contribution is -0.107. The normalized spacial score (nSPS) is 11.6. The second kappa shape index (κ2) is 15.1. The molecule has 0 aromatic heterocycles. The molecule has 0 bridgehead atoms. The van der Waals surface area contributed by atoms with Crippen molar-refractivity contribution in [1.29, 1.82) is 0 Å². The van der Waals surface area contributed by atoms with Crippen molar-refractivity contribution in [2.45, 2.75) is 71.1 Å².